The van der Waals surface area contributed by atoms with Crippen molar-refractivity contribution in [2.24, 2.45) is 11.1 Å². The molecule has 8 heteroatoms. The molecule has 1 atom stereocenters. The van der Waals surface area contributed by atoms with Crippen LogP contribution >= 0.6 is 11.3 Å². The molecule has 0 bridgehead atoms. The quantitative estimate of drug-likeness (QED) is 0.706. The van der Waals surface area contributed by atoms with Crippen LogP contribution in [0.15, 0.2) is 10.4 Å². The maximum Gasteiger partial charge on any atom is 0.249 e. The SMILES string of the molecule is CC(C)CCC(C)(O)CNc1ncc(S(N)(=O)=O)s1. The van der Waals surface area contributed by atoms with Gasteiger partial charge in [0, 0.05) is 6.54 Å². The van der Waals surface area contributed by atoms with E-state index in [2.05, 4.69) is 24.1 Å². The van der Waals surface area contributed by atoms with E-state index in [4.69, 9.17) is 5.14 Å². The number of hydrogen-bond acceptors (Lipinski definition) is 6. The van der Waals surface area contributed by atoms with E-state index in [9.17, 15) is 13.5 Å². The molecule has 1 unspecified atom stereocenters. The molecule has 0 spiro atoms. The number of sulfonamides is 1. The Morgan fingerprint density at radius 3 is 2.68 bits per heavy atom. The molecular formula is C11H21N3O3S2. The molecule has 0 fully saturated rings. The Bertz CT molecular complexity index is 509. The van der Waals surface area contributed by atoms with E-state index in [-0.39, 0.29) is 4.21 Å². The summed E-state index contributed by atoms with van der Waals surface area (Å²) in [4.78, 5) is 3.92. The number of aliphatic hydroxyl groups is 1. The van der Waals surface area contributed by atoms with Gasteiger partial charge in [-0.2, -0.15) is 0 Å². The topological polar surface area (TPSA) is 105 Å². The normalized spacial score (nSPS) is 15.5. The molecule has 0 saturated carbocycles. The lowest BCUT2D eigenvalue weighted by atomic mass is 9.95. The average molecular weight is 307 g/mol. The van der Waals surface area contributed by atoms with Crippen LogP contribution < -0.4 is 10.5 Å². The number of hydrogen-bond donors (Lipinski definition) is 3. The number of anilines is 1. The predicted octanol–water partition coefficient (Wildman–Crippen LogP) is 1.39. The van der Waals surface area contributed by atoms with Crippen LogP contribution in [0.2, 0.25) is 0 Å². The second-order valence-corrected chi connectivity index (χ2v) is 8.13. The van der Waals surface area contributed by atoms with Crippen molar-refractivity contribution in [1.29, 1.82) is 0 Å². The lowest BCUT2D eigenvalue weighted by molar-refractivity contribution is 0.0586. The van der Waals surface area contributed by atoms with Gasteiger partial charge in [-0.25, -0.2) is 18.5 Å². The van der Waals surface area contributed by atoms with Crippen LogP contribution in [0.5, 0.6) is 0 Å². The van der Waals surface area contributed by atoms with E-state index < -0.39 is 15.6 Å². The summed E-state index contributed by atoms with van der Waals surface area (Å²) in [5.74, 6) is 0.528. The van der Waals surface area contributed by atoms with Gasteiger partial charge in [-0.3, -0.25) is 0 Å². The van der Waals surface area contributed by atoms with Crippen LogP contribution in [-0.4, -0.2) is 30.7 Å². The zero-order valence-electron chi connectivity index (χ0n) is 11.4. The van der Waals surface area contributed by atoms with Gasteiger partial charge in [-0.1, -0.05) is 25.2 Å². The van der Waals surface area contributed by atoms with E-state index in [1.54, 1.807) is 6.92 Å². The molecule has 1 aromatic heterocycles. The zero-order valence-corrected chi connectivity index (χ0v) is 13.0. The third-order valence-electron chi connectivity index (χ3n) is 2.65. The van der Waals surface area contributed by atoms with Crippen LogP contribution in [0.4, 0.5) is 5.13 Å². The molecule has 0 aliphatic carbocycles. The third kappa shape index (κ3) is 5.85. The van der Waals surface area contributed by atoms with Gasteiger partial charge in [0.05, 0.1) is 11.8 Å². The van der Waals surface area contributed by atoms with Crippen LogP contribution in [0, 0.1) is 5.92 Å². The highest BCUT2D eigenvalue weighted by molar-refractivity contribution is 7.91. The van der Waals surface area contributed by atoms with E-state index in [1.165, 1.54) is 6.20 Å². The third-order valence-corrected chi connectivity index (χ3v) is 5.01. The summed E-state index contributed by atoms with van der Waals surface area (Å²) in [6, 6.07) is 0. The first-order valence-electron chi connectivity index (χ1n) is 6.05. The minimum Gasteiger partial charge on any atom is -0.388 e. The summed E-state index contributed by atoms with van der Waals surface area (Å²) in [7, 11) is -3.70. The summed E-state index contributed by atoms with van der Waals surface area (Å²) in [5.41, 5.74) is -0.850. The van der Waals surface area contributed by atoms with Crippen molar-refractivity contribution in [2.75, 3.05) is 11.9 Å². The predicted molar refractivity (Wildman–Crippen MR) is 76.7 cm³/mol. The molecule has 1 aromatic rings. The van der Waals surface area contributed by atoms with Crippen molar-refractivity contribution in [3.8, 4) is 0 Å². The van der Waals surface area contributed by atoms with Gasteiger partial charge in [0.1, 0.15) is 0 Å². The smallest absolute Gasteiger partial charge is 0.249 e. The Morgan fingerprint density at radius 1 is 1.58 bits per heavy atom. The number of aromatic nitrogens is 1. The lowest BCUT2D eigenvalue weighted by Crippen LogP contribution is -2.33. The van der Waals surface area contributed by atoms with Crippen LogP contribution in [0.1, 0.15) is 33.6 Å². The van der Waals surface area contributed by atoms with Gasteiger partial charge in [0.25, 0.3) is 0 Å². The molecule has 4 N–H and O–H groups in total. The second kappa shape index (κ2) is 6.17. The van der Waals surface area contributed by atoms with E-state index in [0.29, 0.717) is 24.0 Å². The van der Waals surface area contributed by atoms with E-state index >= 15 is 0 Å². The molecule has 0 saturated heterocycles. The Balaban J connectivity index is 2.54. The fourth-order valence-corrected chi connectivity index (χ4v) is 2.87. The summed E-state index contributed by atoms with van der Waals surface area (Å²) in [6.45, 7) is 6.26. The highest BCUT2D eigenvalue weighted by atomic mass is 32.2. The van der Waals surface area contributed by atoms with Crippen LogP contribution in [0.25, 0.3) is 0 Å². The van der Waals surface area contributed by atoms with Gasteiger partial charge in [-0.15, -0.1) is 0 Å². The number of nitrogens with two attached hydrogens (primary N) is 1. The molecule has 0 aromatic carbocycles. The summed E-state index contributed by atoms with van der Waals surface area (Å²) < 4.78 is 22.2. The van der Waals surface area contributed by atoms with Crippen LogP contribution in [-0.2, 0) is 10.0 Å². The minimum atomic E-state index is -3.70. The molecule has 1 heterocycles. The monoisotopic (exact) mass is 307 g/mol. The van der Waals surface area contributed by atoms with Crippen molar-refractivity contribution >= 4 is 26.5 Å². The second-order valence-electron chi connectivity index (χ2n) is 5.31. The van der Waals surface area contributed by atoms with Crippen molar-refractivity contribution < 1.29 is 13.5 Å². The molecule has 1 rings (SSSR count). The molecular weight excluding hydrogens is 286 g/mol. The summed E-state index contributed by atoms with van der Waals surface area (Å²) >= 11 is 0.959. The van der Waals surface area contributed by atoms with Gasteiger partial charge in [-0.05, 0) is 25.7 Å². The molecule has 19 heavy (non-hydrogen) atoms. The number of nitrogens with zero attached hydrogens (tertiary/aromatic N) is 1. The van der Waals surface area contributed by atoms with Crippen LogP contribution in [0.3, 0.4) is 0 Å². The molecule has 0 amide bonds. The Morgan fingerprint density at radius 2 is 2.21 bits per heavy atom. The Kier molecular flexibility index (Phi) is 5.31. The average Bonchev–Trinajstić information content (AvgIpc) is 2.72. The molecule has 0 aliphatic rings. The van der Waals surface area contributed by atoms with Crippen molar-refractivity contribution in [3.63, 3.8) is 0 Å². The van der Waals surface area contributed by atoms with Crippen molar-refractivity contribution in [2.45, 2.75) is 43.4 Å². The summed E-state index contributed by atoms with van der Waals surface area (Å²) in [5, 5.41) is 18.5. The van der Waals surface area contributed by atoms with Gasteiger partial charge < -0.3 is 10.4 Å². The number of thiazole rings is 1. The highest BCUT2D eigenvalue weighted by Crippen LogP contribution is 2.23. The van der Waals surface area contributed by atoms with E-state index in [1.807, 2.05) is 0 Å². The lowest BCUT2D eigenvalue weighted by Gasteiger charge is -2.24. The highest BCUT2D eigenvalue weighted by Gasteiger charge is 2.21. The van der Waals surface area contributed by atoms with E-state index in [0.717, 1.165) is 17.8 Å². The van der Waals surface area contributed by atoms with Gasteiger partial charge in [0.2, 0.25) is 10.0 Å². The maximum atomic E-state index is 11.1. The van der Waals surface area contributed by atoms with Crippen molar-refractivity contribution in [1.82, 2.24) is 4.98 Å². The fourth-order valence-electron chi connectivity index (χ4n) is 1.43. The number of primary sulfonamides is 1. The molecule has 110 valence electrons. The fraction of sp³-hybridized carbons (Fsp3) is 0.727. The zero-order chi connectivity index (χ0) is 14.7. The molecule has 0 radical (unpaired) electrons. The number of nitrogens with one attached hydrogen (secondary N) is 1. The first-order chi connectivity index (χ1) is 8.60. The molecule has 6 nitrogen and oxygen atoms in total. The summed E-state index contributed by atoms with van der Waals surface area (Å²) in [6.07, 6.45) is 2.81. The minimum absolute atomic E-state index is 0.0109. The maximum absolute atomic E-state index is 11.1. The number of rotatable bonds is 7. The Labute approximate surface area is 118 Å². The Hall–Kier alpha value is -0.700. The molecule has 0 aliphatic heterocycles. The largest absolute Gasteiger partial charge is 0.388 e. The first kappa shape index (κ1) is 16.4. The standard InChI is InChI=1S/C11H21N3O3S2/c1-8(2)4-5-11(3,15)7-14-10-13-6-9(18-10)19(12,16)17/h6,8,15H,4-5,7H2,1-3H3,(H,13,14)(H2,12,16,17). The van der Waals surface area contributed by atoms with Gasteiger partial charge >= 0.3 is 0 Å². The first-order valence-corrected chi connectivity index (χ1v) is 8.41. The van der Waals surface area contributed by atoms with Crippen molar-refractivity contribution in [3.05, 3.63) is 6.20 Å². The van der Waals surface area contributed by atoms with Gasteiger partial charge in [0.15, 0.2) is 9.34 Å².